The van der Waals surface area contributed by atoms with Crippen molar-refractivity contribution in [2.45, 2.75) is 41.0 Å². The number of hydrogen-bond acceptors (Lipinski definition) is 2. The Kier molecular flexibility index (Phi) is 4.97. The molecule has 5 nitrogen and oxygen atoms in total. The van der Waals surface area contributed by atoms with E-state index in [1.54, 1.807) is 0 Å². The van der Waals surface area contributed by atoms with Crippen LogP contribution in [-0.4, -0.2) is 29.3 Å². The molecule has 0 bridgehead atoms. The van der Waals surface area contributed by atoms with Gasteiger partial charge in [-0.3, -0.25) is 5.10 Å². The summed E-state index contributed by atoms with van der Waals surface area (Å²) in [6.45, 7) is 12.2. The van der Waals surface area contributed by atoms with E-state index in [1.165, 1.54) is 5.56 Å². The third-order valence-corrected chi connectivity index (χ3v) is 4.93. The molecule has 2 aromatic rings. The number of nitrogens with one attached hydrogen (secondary N) is 3. The second kappa shape index (κ2) is 6.60. The van der Waals surface area contributed by atoms with Crippen LogP contribution in [-0.2, 0) is 6.42 Å². The van der Waals surface area contributed by atoms with Gasteiger partial charge in [-0.15, -0.1) is 0 Å². The molecule has 0 aliphatic carbocycles. The summed E-state index contributed by atoms with van der Waals surface area (Å²) in [4.78, 5) is 11.9. The van der Waals surface area contributed by atoms with Crippen LogP contribution in [0.2, 0.25) is 0 Å². The Labute approximate surface area is 138 Å². The van der Waals surface area contributed by atoms with Crippen LogP contribution in [0.25, 0.3) is 10.9 Å². The fourth-order valence-electron chi connectivity index (χ4n) is 2.09. The molecule has 0 aliphatic rings. The number of carbonyl (C=O) groups excluding carboxylic acids is 1. The first-order valence-electron chi connectivity index (χ1n) is 8.13. The lowest BCUT2D eigenvalue weighted by Crippen LogP contribution is -2.45. The fraction of sp³-hybridized carbons (Fsp3) is 0.556. The second-order valence-electron chi connectivity index (χ2n) is 7.78. The van der Waals surface area contributed by atoms with Crippen LogP contribution in [0.4, 0.5) is 4.79 Å². The summed E-state index contributed by atoms with van der Waals surface area (Å²) in [5.41, 5.74) is 2.38. The second-order valence-corrected chi connectivity index (χ2v) is 7.78. The van der Waals surface area contributed by atoms with E-state index in [4.69, 9.17) is 0 Å². The van der Waals surface area contributed by atoms with Gasteiger partial charge < -0.3 is 10.6 Å². The molecule has 3 N–H and O–H groups in total. The number of H-pyrrole nitrogens is 1. The molecule has 1 heterocycles. The first-order valence-corrected chi connectivity index (χ1v) is 8.13. The lowest BCUT2D eigenvalue weighted by molar-refractivity contribution is 0.131. The topological polar surface area (TPSA) is 69.8 Å². The van der Waals surface area contributed by atoms with Crippen molar-refractivity contribution in [3.8, 4) is 0 Å². The van der Waals surface area contributed by atoms with Gasteiger partial charge in [-0.05, 0) is 28.9 Å². The summed E-state index contributed by atoms with van der Waals surface area (Å²) < 4.78 is 0. The smallest absolute Gasteiger partial charge is 0.314 e. The number of hydrogen-bond donors (Lipinski definition) is 3. The number of aromatic nitrogens is 2. The van der Waals surface area contributed by atoms with E-state index in [-0.39, 0.29) is 16.9 Å². The molecular weight excluding hydrogens is 288 g/mol. The number of fused-ring (bicyclic) bond motifs is 1. The van der Waals surface area contributed by atoms with Gasteiger partial charge in [0.15, 0.2) is 0 Å². The third kappa shape index (κ3) is 4.47. The van der Waals surface area contributed by atoms with E-state index in [2.05, 4.69) is 67.6 Å². The van der Waals surface area contributed by atoms with E-state index in [1.807, 2.05) is 12.3 Å². The Hall–Kier alpha value is -2.04. The highest BCUT2D eigenvalue weighted by molar-refractivity contribution is 5.78. The zero-order chi connectivity index (χ0) is 17.1. The average Bonchev–Trinajstić information content (AvgIpc) is 2.91. The fourth-order valence-corrected chi connectivity index (χ4v) is 2.09. The molecule has 0 saturated carbocycles. The highest BCUT2D eigenvalue weighted by Gasteiger charge is 2.32. The summed E-state index contributed by atoms with van der Waals surface area (Å²) in [6, 6.07) is 6.08. The Balaban J connectivity index is 1.76. The van der Waals surface area contributed by atoms with Gasteiger partial charge in [0.2, 0.25) is 0 Å². The lowest BCUT2D eigenvalue weighted by atomic mass is 9.69. The molecule has 2 amide bonds. The molecule has 0 radical (unpaired) electrons. The summed E-state index contributed by atoms with van der Waals surface area (Å²) in [5.74, 6) is 0. The van der Waals surface area contributed by atoms with Crippen molar-refractivity contribution >= 4 is 16.9 Å². The summed E-state index contributed by atoms with van der Waals surface area (Å²) >= 11 is 0. The molecule has 0 atom stereocenters. The predicted molar refractivity (Wildman–Crippen MR) is 94.4 cm³/mol. The van der Waals surface area contributed by atoms with Crippen molar-refractivity contribution in [3.05, 3.63) is 30.0 Å². The minimum Gasteiger partial charge on any atom is -0.338 e. The summed E-state index contributed by atoms with van der Waals surface area (Å²) in [6.07, 6.45) is 2.60. The van der Waals surface area contributed by atoms with Gasteiger partial charge in [0.05, 0.1) is 11.7 Å². The molecule has 0 unspecified atom stereocenters. The van der Waals surface area contributed by atoms with Gasteiger partial charge >= 0.3 is 6.03 Å². The summed E-state index contributed by atoms with van der Waals surface area (Å²) in [7, 11) is 0. The molecule has 0 aliphatic heterocycles. The van der Waals surface area contributed by atoms with Gasteiger partial charge in [0.1, 0.15) is 0 Å². The molecule has 126 valence electrons. The van der Waals surface area contributed by atoms with Gasteiger partial charge in [0.25, 0.3) is 0 Å². The molecule has 2 rings (SSSR count). The van der Waals surface area contributed by atoms with Crippen molar-refractivity contribution in [3.63, 3.8) is 0 Å². The Morgan fingerprint density at radius 2 is 1.91 bits per heavy atom. The Bertz CT molecular complexity index is 667. The molecule has 0 saturated heterocycles. The quantitative estimate of drug-likeness (QED) is 0.790. The van der Waals surface area contributed by atoms with E-state index in [0.29, 0.717) is 13.1 Å². The molecular formula is C18H28N4O. The Morgan fingerprint density at radius 3 is 2.61 bits per heavy atom. The number of benzene rings is 1. The standard InChI is InChI=1S/C18H28N4O/c1-17(2,3)18(4,5)12-20-16(23)19-9-8-13-6-7-14-11-21-22-15(14)10-13/h6-7,10-11H,8-9,12H2,1-5H3,(H,21,22)(H2,19,20,23). The number of carbonyl (C=O) groups is 1. The molecule has 23 heavy (non-hydrogen) atoms. The normalized spacial score (nSPS) is 12.4. The number of amides is 2. The van der Waals surface area contributed by atoms with Gasteiger partial charge in [-0.2, -0.15) is 5.10 Å². The highest BCUT2D eigenvalue weighted by atomic mass is 16.2. The Morgan fingerprint density at radius 1 is 1.17 bits per heavy atom. The average molecular weight is 316 g/mol. The number of urea groups is 1. The van der Waals surface area contributed by atoms with E-state index >= 15 is 0 Å². The van der Waals surface area contributed by atoms with Gasteiger partial charge in [-0.1, -0.05) is 46.8 Å². The van der Waals surface area contributed by atoms with Crippen molar-refractivity contribution in [2.24, 2.45) is 10.8 Å². The molecule has 1 aromatic carbocycles. The van der Waals surface area contributed by atoms with Crippen LogP contribution >= 0.6 is 0 Å². The third-order valence-electron chi connectivity index (χ3n) is 4.93. The SMILES string of the molecule is CC(C)(C)C(C)(C)CNC(=O)NCCc1ccc2cn[nH]c2c1. The van der Waals surface area contributed by atoms with Crippen LogP contribution in [0.15, 0.2) is 24.4 Å². The zero-order valence-corrected chi connectivity index (χ0v) is 14.8. The van der Waals surface area contributed by atoms with Gasteiger partial charge in [0, 0.05) is 18.5 Å². The number of aromatic amines is 1. The summed E-state index contributed by atoms with van der Waals surface area (Å²) in [5, 5.41) is 14.0. The first kappa shape index (κ1) is 17.3. The van der Waals surface area contributed by atoms with Crippen molar-refractivity contribution in [1.82, 2.24) is 20.8 Å². The van der Waals surface area contributed by atoms with E-state index in [0.717, 1.165) is 17.3 Å². The lowest BCUT2D eigenvalue weighted by Gasteiger charge is -2.38. The number of rotatable bonds is 5. The molecule has 0 spiro atoms. The minimum atomic E-state index is -0.107. The number of nitrogens with zero attached hydrogens (tertiary/aromatic N) is 1. The van der Waals surface area contributed by atoms with Crippen LogP contribution < -0.4 is 10.6 Å². The van der Waals surface area contributed by atoms with Crippen molar-refractivity contribution in [1.29, 1.82) is 0 Å². The maximum Gasteiger partial charge on any atom is 0.314 e. The maximum absolute atomic E-state index is 11.9. The molecule has 1 aromatic heterocycles. The van der Waals surface area contributed by atoms with Gasteiger partial charge in [-0.25, -0.2) is 4.79 Å². The molecule has 0 fully saturated rings. The van der Waals surface area contributed by atoms with Crippen LogP contribution in [0, 0.1) is 10.8 Å². The van der Waals surface area contributed by atoms with Crippen molar-refractivity contribution in [2.75, 3.05) is 13.1 Å². The van der Waals surface area contributed by atoms with Crippen LogP contribution in [0.3, 0.4) is 0 Å². The zero-order valence-electron chi connectivity index (χ0n) is 14.8. The van der Waals surface area contributed by atoms with E-state index in [9.17, 15) is 4.79 Å². The monoisotopic (exact) mass is 316 g/mol. The maximum atomic E-state index is 11.9. The predicted octanol–water partition coefficient (Wildman–Crippen LogP) is 3.48. The van der Waals surface area contributed by atoms with E-state index < -0.39 is 0 Å². The van der Waals surface area contributed by atoms with Crippen molar-refractivity contribution < 1.29 is 4.79 Å². The highest BCUT2D eigenvalue weighted by Crippen LogP contribution is 2.36. The largest absolute Gasteiger partial charge is 0.338 e. The minimum absolute atomic E-state index is 0.0377. The first-order chi connectivity index (χ1) is 10.7. The van der Waals surface area contributed by atoms with Crippen LogP contribution in [0.5, 0.6) is 0 Å². The van der Waals surface area contributed by atoms with Crippen LogP contribution in [0.1, 0.15) is 40.2 Å². The molecule has 5 heteroatoms.